The number of hydrogen-bond acceptors (Lipinski definition) is 4. The van der Waals surface area contributed by atoms with Crippen LogP contribution in [-0.4, -0.2) is 44.5 Å². The van der Waals surface area contributed by atoms with E-state index in [1.165, 1.54) is 24.1 Å². The number of carbonyl (C=O) groups is 2. The van der Waals surface area contributed by atoms with Crippen LogP contribution in [-0.2, 0) is 16.1 Å². The van der Waals surface area contributed by atoms with E-state index >= 15 is 0 Å². The van der Waals surface area contributed by atoms with Crippen LogP contribution < -0.4 is 14.4 Å². The summed E-state index contributed by atoms with van der Waals surface area (Å²) in [5.74, 6) is 0.0460. The van der Waals surface area contributed by atoms with Gasteiger partial charge in [-0.15, -0.1) is 0 Å². The summed E-state index contributed by atoms with van der Waals surface area (Å²) in [5, 5.41) is 0. The van der Waals surface area contributed by atoms with E-state index in [0.29, 0.717) is 29.3 Å². The van der Waals surface area contributed by atoms with E-state index in [-0.39, 0.29) is 30.6 Å². The number of carbonyl (C=O) groups excluding carboxylic acids is 2. The van der Waals surface area contributed by atoms with Crippen molar-refractivity contribution < 1.29 is 23.5 Å². The van der Waals surface area contributed by atoms with Gasteiger partial charge in [-0.25, -0.2) is 4.39 Å². The smallest absolute Gasteiger partial charge is 0.228 e. The Balaban J connectivity index is 1.70. The Morgan fingerprint density at radius 3 is 2.61 bits per heavy atom. The molecule has 1 unspecified atom stereocenters. The third-order valence-electron chi connectivity index (χ3n) is 4.84. The molecule has 1 atom stereocenters. The van der Waals surface area contributed by atoms with Gasteiger partial charge < -0.3 is 19.3 Å². The second kappa shape index (κ2) is 8.29. The third kappa shape index (κ3) is 4.08. The predicted molar refractivity (Wildman–Crippen MR) is 103 cm³/mol. The van der Waals surface area contributed by atoms with Crippen molar-refractivity contribution in [3.63, 3.8) is 0 Å². The first-order valence-corrected chi connectivity index (χ1v) is 8.94. The van der Waals surface area contributed by atoms with Gasteiger partial charge in [-0.05, 0) is 29.8 Å². The Labute approximate surface area is 163 Å². The molecule has 0 saturated carbocycles. The highest BCUT2D eigenvalue weighted by molar-refractivity contribution is 6.00. The summed E-state index contributed by atoms with van der Waals surface area (Å²) in [6.07, 6.45) is 0.140. The SMILES string of the molecule is COc1ccc(N2CC(C(=O)N(C)Cc3cccc(F)c3)CC2=O)cc1OC. The molecule has 2 aromatic carbocycles. The Morgan fingerprint density at radius 1 is 1.18 bits per heavy atom. The van der Waals surface area contributed by atoms with Crippen molar-refractivity contribution in [2.75, 3.05) is 32.7 Å². The molecule has 1 saturated heterocycles. The molecule has 0 aliphatic carbocycles. The normalized spacial score (nSPS) is 16.2. The molecule has 0 radical (unpaired) electrons. The number of benzene rings is 2. The van der Waals surface area contributed by atoms with Crippen molar-refractivity contribution in [3.8, 4) is 11.5 Å². The largest absolute Gasteiger partial charge is 0.493 e. The van der Waals surface area contributed by atoms with E-state index in [1.807, 2.05) is 0 Å². The second-order valence-electron chi connectivity index (χ2n) is 6.77. The summed E-state index contributed by atoms with van der Waals surface area (Å²) in [7, 11) is 4.74. The van der Waals surface area contributed by atoms with Gasteiger partial charge in [0.15, 0.2) is 11.5 Å². The number of rotatable bonds is 6. The number of methoxy groups -OCH3 is 2. The number of amides is 2. The lowest BCUT2D eigenvalue weighted by molar-refractivity contribution is -0.135. The van der Waals surface area contributed by atoms with E-state index in [1.54, 1.807) is 49.4 Å². The molecule has 0 N–H and O–H groups in total. The summed E-state index contributed by atoms with van der Waals surface area (Å²) < 4.78 is 23.9. The van der Waals surface area contributed by atoms with Crippen LogP contribution in [0.2, 0.25) is 0 Å². The highest BCUT2D eigenvalue weighted by atomic mass is 19.1. The Morgan fingerprint density at radius 2 is 1.93 bits per heavy atom. The molecule has 0 bridgehead atoms. The first-order valence-electron chi connectivity index (χ1n) is 8.94. The average Bonchev–Trinajstić information content (AvgIpc) is 3.08. The van der Waals surface area contributed by atoms with E-state index in [2.05, 4.69) is 0 Å². The Kier molecular flexibility index (Phi) is 5.82. The van der Waals surface area contributed by atoms with E-state index in [0.717, 1.165) is 0 Å². The number of nitrogens with zero attached hydrogens (tertiary/aromatic N) is 2. The summed E-state index contributed by atoms with van der Waals surface area (Å²) in [5.41, 5.74) is 1.36. The monoisotopic (exact) mass is 386 g/mol. The second-order valence-corrected chi connectivity index (χ2v) is 6.77. The highest BCUT2D eigenvalue weighted by Gasteiger charge is 2.36. The molecule has 6 nitrogen and oxygen atoms in total. The molecular formula is C21H23FN2O4. The van der Waals surface area contributed by atoms with Crippen molar-refractivity contribution >= 4 is 17.5 Å². The van der Waals surface area contributed by atoms with Gasteiger partial charge in [0.25, 0.3) is 0 Å². The van der Waals surface area contributed by atoms with Crippen molar-refractivity contribution in [2.45, 2.75) is 13.0 Å². The highest BCUT2D eigenvalue weighted by Crippen LogP contribution is 2.34. The minimum Gasteiger partial charge on any atom is -0.493 e. The van der Waals surface area contributed by atoms with Gasteiger partial charge in [0.2, 0.25) is 11.8 Å². The molecule has 2 amide bonds. The maximum Gasteiger partial charge on any atom is 0.228 e. The van der Waals surface area contributed by atoms with Crippen LogP contribution in [0.5, 0.6) is 11.5 Å². The molecule has 28 heavy (non-hydrogen) atoms. The van der Waals surface area contributed by atoms with Crippen LogP contribution in [0.3, 0.4) is 0 Å². The topological polar surface area (TPSA) is 59.1 Å². The standard InChI is InChI=1S/C21H23FN2O4/c1-23(12-14-5-4-6-16(22)9-14)21(26)15-10-20(25)24(13-15)17-7-8-18(27-2)19(11-17)28-3/h4-9,11,15H,10,12-13H2,1-3H3. The zero-order chi connectivity index (χ0) is 20.3. The average molecular weight is 386 g/mol. The van der Waals surface area contributed by atoms with Gasteiger partial charge >= 0.3 is 0 Å². The van der Waals surface area contributed by atoms with Crippen LogP contribution in [0.4, 0.5) is 10.1 Å². The fourth-order valence-corrected chi connectivity index (χ4v) is 3.41. The lowest BCUT2D eigenvalue weighted by Crippen LogP contribution is -2.34. The number of anilines is 1. The minimum atomic E-state index is -0.445. The van der Waals surface area contributed by atoms with Gasteiger partial charge in [-0.3, -0.25) is 9.59 Å². The molecular weight excluding hydrogens is 363 g/mol. The van der Waals surface area contributed by atoms with Gasteiger partial charge in [0.05, 0.1) is 20.1 Å². The molecule has 1 heterocycles. The van der Waals surface area contributed by atoms with Crippen LogP contribution in [0.25, 0.3) is 0 Å². The Bertz CT molecular complexity index is 886. The number of halogens is 1. The summed E-state index contributed by atoms with van der Waals surface area (Å²) in [4.78, 5) is 28.4. The quantitative estimate of drug-likeness (QED) is 0.766. The molecule has 148 valence electrons. The van der Waals surface area contributed by atoms with Gasteiger partial charge in [0.1, 0.15) is 5.82 Å². The summed E-state index contributed by atoms with van der Waals surface area (Å²) in [6.45, 7) is 0.582. The zero-order valence-electron chi connectivity index (χ0n) is 16.1. The van der Waals surface area contributed by atoms with Gasteiger partial charge in [0, 0.05) is 38.3 Å². The molecule has 1 aliphatic rings. The fraction of sp³-hybridized carbons (Fsp3) is 0.333. The van der Waals surface area contributed by atoms with Gasteiger partial charge in [-0.2, -0.15) is 0 Å². The molecule has 0 spiro atoms. The van der Waals surface area contributed by atoms with Crippen LogP contribution in [0.1, 0.15) is 12.0 Å². The minimum absolute atomic E-state index is 0.121. The van der Waals surface area contributed by atoms with Crippen LogP contribution >= 0.6 is 0 Å². The summed E-state index contributed by atoms with van der Waals surface area (Å²) in [6, 6.07) is 11.4. The van der Waals surface area contributed by atoms with Crippen molar-refractivity contribution in [1.82, 2.24) is 4.90 Å². The molecule has 1 fully saturated rings. The van der Waals surface area contributed by atoms with E-state index in [4.69, 9.17) is 9.47 Å². The molecule has 2 aromatic rings. The predicted octanol–water partition coefficient (Wildman–Crippen LogP) is 2.85. The first kappa shape index (κ1) is 19.7. The number of ether oxygens (including phenoxy) is 2. The van der Waals surface area contributed by atoms with E-state index in [9.17, 15) is 14.0 Å². The first-order chi connectivity index (χ1) is 13.4. The van der Waals surface area contributed by atoms with Crippen molar-refractivity contribution in [2.24, 2.45) is 5.92 Å². The molecule has 7 heteroatoms. The van der Waals surface area contributed by atoms with Gasteiger partial charge in [-0.1, -0.05) is 12.1 Å². The lowest BCUT2D eigenvalue weighted by Gasteiger charge is -2.22. The zero-order valence-corrected chi connectivity index (χ0v) is 16.1. The lowest BCUT2D eigenvalue weighted by atomic mass is 10.1. The fourth-order valence-electron chi connectivity index (χ4n) is 3.41. The van der Waals surface area contributed by atoms with Crippen molar-refractivity contribution in [3.05, 3.63) is 53.8 Å². The van der Waals surface area contributed by atoms with E-state index < -0.39 is 5.92 Å². The maximum atomic E-state index is 13.4. The molecule has 1 aliphatic heterocycles. The molecule has 3 rings (SSSR count). The maximum absolute atomic E-state index is 13.4. The Hall–Kier alpha value is -3.09. The van der Waals surface area contributed by atoms with Crippen LogP contribution in [0, 0.1) is 11.7 Å². The number of hydrogen-bond donors (Lipinski definition) is 0. The molecule has 0 aromatic heterocycles. The van der Waals surface area contributed by atoms with Crippen molar-refractivity contribution in [1.29, 1.82) is 0 Å². The van der Waals surface area contributed by atoms with Crippen LogP contribution in [0.15, 0.2) is 42.5 Å². The summed E-state index contributed by atoms with van der Waals surface area (Å²) >= 11 is 0. The third-order valence-corrected chi connectivity index (χ3v) is 4.84.